The van der Waals surface area contributed by atoms with E-state index in [0.29, 0.717) is 11.7 Å². The maximum Gasteiger partial charge on any atom is 0.311 e. The van der Waals surface area contributed by atoms with Gasteiger partial charge in [-0.25, -0.2) is 4.98 Å². The largest absolute Gasteiger partial charge is 0.481 e. The van der Waals surface area contributed by atoms with Gasteiger partial charge in [-0.1, -0.05) is 0 Å². The Labute approximate surface area is 91.7 Å². The van der Waals surface area contributed by atoms with Gasteiger partial charge in [-0.3, -0.25) is 9.89 Å². The van der Waals surface area contributed by atoms with Gasteiger partial charge < -0.3 is 5.11 Å². The lowest BCUT2D eigenvalue weighted by Gasteiger charge is -2.17. The smallest absolute Gasteiger partial charge is 0.311 e. The Morgan fingerprint density at radius 2 is 2.53 bits per heavy atom. The van der Waals surface area contributed by atoms with Crippen molar-refractivity contribution in [3.05, 3.63) is 11.6 Å². The number of aromatic nitrogens is 3. The van der Waals surface area contributed by atoms with Gasteiger partial charge >= 0.3 is 5.97 Å². The summed E-state index contributed by atoms with van der Waals surface area (Å²) in [4.78, 5) is 14.7. The number of rotatable bonds is 3. The van der Waals surface area contributed by atoms with E-state index in [4.69, 9.17) is 5.11 Å². The van der Waals surface area contributed by atoms with E-state index in [1.54, 1.807) is 0 Å². The third kappa shape index (κ3) is 2.71. The summed E-state index contributed by atoms with van der Waals surface area (Å²) in [5.41, 5.74) is 0. The summed E-state index contributed by atoms with van der Waals surface area (Å²) in [6.45, 7) is 0. The molecule has 1 aromatic heterocycles. The third-order valence-electron chi connectivity index (χ3n) is 2.39. The van der Waals surface area contributed by atoms with E-state index in [2.05, 4.69) is 15.2 Å². The highest BCUT2D eigenvalue weighted by Gasteiger charge is 2.20. The Morgan fingerprint density at radius 1 is 1.67 bits per heavy atom. The Kier molecular flexibility index (Phi) is 3.25. The first-order chi connectivity index (χ1) is 7.25. The van der Waals surface area contributed by atoms with Gasteiger partial charge in [0.05, 0.1) is 0 Å². The lowest BCUT2D eigenvalue weighted by molar-refractivity contribution is -0.136. The molecule has 1 unspecified atom stereocenters. The molecule has 0 aromatic carbocycles. The highest BCUT2D eigenvalue weighted by Crippen LogP contribution is 2.28. The molecule has 1 fully saturated rings. The highest BCUT2D eigenvalue weighted by molar-refractivity contribution is 7.99. The van der Waals surface area contributed by atoms with Gasteiger partial charge in [-0.05, 0) is 18.6 Å². The van der Waals surface area contributed by atoms with Crippen molar-refractivity contribution in [2.75, 3.05) is 11.5 Å². The maximum atomic E-state index is 10.5. The van der Waals surface area contributed by atoms with E-state index in [1.165, 1.54) is 12.2 Å². The van der Waals surface area contributed by atoms with Gasteiger partial charge in [0.15, 0.2) is 5.82 Å². The molecule has 1 saturated heterocycles. The summed E-state index contributed by atoms with van der Waals surface area (Å²) in [5.74, 6) is 3.00. The van der Waals surface area contributed by atoms with Crippen LogP contribution in [-0.4, -0.2) is 37.8 Å². The number of carboxylic acids is 1. The van der Waals surface area contributed by atoms with Crippen LogP contribution in [0.3, 0.4) is 0 Å². The van der Waals surface area contributed by atoms with Gasteiger partial charge in [0, 0.05) is 11.7 Å². The van der Waals surface area contributed by atoms with Crippen LogP contribution in [0.5, 0.6) is 0 Å². The normalized spacial score (nSPS) is 21.5. The molecule has 1 aromatic rings. The van der Waals surface area contributed by atoms with Crippen molar-refractivity contribution in [2.45, 2.75) is 25.2 Å². The molecule has 2 rings (SSSR count). The minimum Gasteiger partial charge on any atom is -0.481 e. The summed E-state index contributed by atoms with van der Waals surface area (Å²) >= 11 is 1.91. The summed E-state index contributed by atoms with van der Waals surface area (Å²) in [6.07, 6.45) is 2.22. The SMILES string of the molecule is O=C(O)Cc1nc(C2CCCSC2)n[nH]1. The predicted octanol–water partition coefficient (Wildman–Crippen LogP) is 1.04. The zero-order chi connectivity index (χ0) is 10.7. The van der Waals surface area contributed by atoms with Crippen molar-refractivity contribution in [3.8, 4) is 0 Å². The fourth-order valence-electron chi connectivity index (χ4n) is 1.66. The van der Waals surface area contributed by atoms with Crippen molar-refractivity contribution >= 4 is 17.7 Å². The molecule has 15 heavy (non-hydrogen) atoms. The van der Waals surface area contributed by atoms with Crippen LogP contribution in [0.4, 0.5) is 0 Å². The van der Waals surface area contributed by atoms with E-state index in [9.17, 15) is 4.79 Å². The summed E-state index contributed by atoms with van der Waals surface area (Å²) < 4.78 is 0. The molecule has 1 aliphatic rings. The van der Waals surface area contributed by atoms with Crippen LogP contribution in [0, 0.1) is 0 Å². The molecule has 0 radical (unpaired) electrons. The summed E-state index contributed by atoms with van der Waals surface area (Å²) in [5, 5.41) is 15.4. The van der Waals surface area contributed by atoms with Crippen molar-refractivity contribution < 1.29 is 9.90 Å². The second-order valence-electron chi connectivity index (χ2n) is 3.62. The van der Waals surface area contributed by atoms with Gasteiger partial charge in [0.1, 0.15) is 12.2 Å². The molecule has 0 spiro atoms. The van der Waals surface area contributed by atoms with Crippen LogP contribution in [-0.2, 0) is 11.2 Å². The molecule has 0 aliphatic carbocycles. The molecular formula is C9H13N3O2S. The molecule has 0 bridgehead atoms. The molecule has 0 amide bonds. The monoisotopic (exact) mass is 227 g/mol. The van der Waals surface area contributed by atoms with Crippen LogP contribution in [0.2, 0.25) is 0 Å². The van der Waals surface area contributed by atoms with E-state index in [1.807, 2.05) is 11.8 Å². The van der Waals surface area contributed by atoms with E-state index < -0.39 is 5.97 Å². The summed E-state index contributed by atoms with van der Waals surface area (Å²) in [6, 6.07) is 0. The number of nitrogens with zero attached hydrogens (tertiary/aromatic N) is 2. The fourth-order valence-corrected chi connectivity index (χ4v) is 2.80. The van der Waals surface area contributed by atoms with Crippen LogP contribution >= 0.6 is 11.8 Å². The molecule has 0 saturated carbocycles. The third-order valence-corrected chi connectivity index (χ3v) is 3.61. The number of thioether (sulfide) groups is 1. The van der Waals surface area contributed by atoms with Crippen LogP contribution in [0.15, 0.2) is 0 Å². The summed E-state index contributed by atoms with van der Waals surface area (Å²) in [7, 11) is 0. The molecule has 1 atom stereocenters. The molecule has 6 heteroatoms. The number of hydrogen-bond donors (Lipinski definition) is 2. The van der Waals surface area contributed by atoms with Crippen LogP contribution in [0.25, 0.3) is 0 Å². The predicted molar refractivity (Wildman–Crippen MR) is 57.0 cm³/mol. The number of carbonyl (C=O) groups is 1. The molecule has 1 aliphatic heterocycles. The highest BCUT2D eigenvalue weighted by atomic mass is 32.2. The van der Waals surface area contributed by atoms with Gasteiger partial charge in [-0.2, -0.15) is 16.9 Å². The number of nitrogens with one attached hydrogen (secondary N) is 1. The number of H-pyrrole nitrogens is 1. The molecular weight excluding hydrogens is 214 g/mol. The lowest BCUT2D eigenvalue weighted by atomic mass is 10.1. The minimum absolute atomic E-state index is 0.0765. The fraction of sp³-hybridized carbons (Fsp3) is 0.667. The average Bonchev–Trinajstić information content (AvgIpc) is 2.67. The lowest BCUT2D eigenvalue weighted by Crippen LogP contribution is -2.10. The van der Waals surface area contributed by atoms with Crippen molar-refractivity contribution in [2.24, 2.45) is 0 Å². The van der Waals surface area contributed by atoms with E-state index in [0.717, 1.165) is 18.0 Å². The van der Waals surface area contributed by atoms with E-state index in [-0.39, 0.29) is 6.42 Å². The first kappa shape index (κ1) is 10.5. The average molecular weight is 227 g/mol. The number of carboxylic acid groups (broad SMARTS) is 1. The molecule has 2 N–H and O–H groups in total. The zero-order valence-electron chi connectivity index (χ0n) is 8.27. The van der Waals surface area contributed by atoms with Crippen molar-refractivity contribution in [1.29, 1.82) is 0 Å². The first-order valence-electron chi connectivity index (χ1n) is 4.96. The Balaban J connectivity index is 2.02. The van der Waals surface area contributed by atoms with Gasteiger partial charge in [0.2, 0.25) is 0 Å². The number of hydrogen-bond acceptors (Lipinski definition) is 4. The van der Waals surface area contributed by atoms with Crippen molar-refractivity contribution in [3.63, 3.8) is 0 Å². The maximum absolute atomic E-state index is 10.5. The van der Waals surface area contributed by atoms with Crippen LogP contribution < -0.4 is 0 Å². The Morgan fingerprint density at radius 3 is 3.20 bits per heavy atom. The Bertz CT molecular complexity index is 347. The first-order valence-corrected chi connectivity index (χ1v) is 6.12. The van der Waals surface area contributed by atoms with Gasteiger partial charge in [0.25, 0.3) is 0 Å². The molecule has 5 nitrogen and oxygen atoms in total. The molecule has 2 heterocycles. The zero-order valence-corrected chi connectivity index (χ0v) is 9.09. The van der Waals surface area contributed by atoms with Crippen molar-refractivity contribution in [1.82, 2.24) is 15.2 Å². The minimum atomic E-state index is -0.879. The second kappa shape index (κ2) is 4.65. The second-order valence-corrected chi connectivity index (χ2v) is 4.77. The number of aromatic amines is 1. The van der Waals surface area contributed by atoms with Crippen LogP contribution in [0.1, 0.15) is 30.4 Å². The Hall–Kier alpha value is -1.04. The van der Waals surface area contributed by atoms with Gasteiger partial charge in [-0.15, -0.1) is 0 Å². The topological polar surface area (TPSA) is 78.9 Å². The number of aliphatic carboxylic acids is 1. The molecule has 82 valence electrons. The standard InChI is InChI=1S/C9H13N3O2S/c13-8(14)4-7-10-9(12-11-7)6-2-1-3-15-5-6/h6H,1-5H2,(H,13,14)(H,10,11,12). The van der Waals surface area contributed by atoms with E-state index >= 15 is 0 Å². The quantitative estimate of drug-likeness (QED) is 0.806.